The van der Waals surface area contributed by atoms with E-state index in [2.05, 4.69) is 27.7 Å². The third-order valence-electron chi connectivity index (χ3n) is 5.05. The number of morpholine rings is 1. The first-order valence-electron chi connectivity index (χ1n) is 9.41. The standard InChI is InChI=1S/C21H24N2O4S/c1-25-16-4-5-17-15(11-21(24)27-19(17)12-16)13-22-14-18(20-3-2-10-28-20)23-6-8-26-9-7-23/h2-5,10-12,18,22H,6-9,13-14H2,1H3/t18-/m1/s1. The minimum Gasteiger partial charge on any atom is -0.497 e. The third-order valence-corrected chi connectivity index (χ3v) is 6.02. The normalized spacial score (nSPS) is 16.3. The largest absolute Gasteiger partial charge is 0.497 e. The minimum atomic E-state index is -0.347. The summed E-state index contributed by atoms with van der Waals surface area (Å²) in [6.45, 7) is 4.81. The maximum absolute atomic E-state index is 12.0. The van der Waals surface area contributed by atoms with Crippen molar-refractivity contribution in [3.63, 3.8) is 0 Å². The van der Waals surface area contributed by atoms with Crippen LogP contribution >= 0.6 is 11.3 Å². The Bertz CT molecular complexity index is 964. The van der Waals surface area contributed by atoms with E-state index in [1.54, 1.807) is 30.6 Å². The Morgan fingerprint density at radius 3 is 2.86 bits per heavy atom. The molecule has 28 heavy (non-hydrogen) atoms. The first-order chi connectivity index (χ1) is 13.7. The zero-order chi connectivity index (χ0) is 19.3. The molecule has 1 aliphatic heterocycles. The van der Waals surface area contributed by atoms with Crippen molar-refractivity contribution in [2.45, 2.75) is 12.6 Å². The van der Waals surface area contributed by atoms with Gasteiger partial charge in [0, 0.05) is 48.6 Å². The molecule has 0 radical (unpaired) electrons. The molecule has 0 saturated carbocycles. The Morgan fingerprint density at radius 2 is 2.11 bits per heavy atom. The predicted octanol–water partition coefficient (Wildman–Crippen LogP) is 3.03. The van der Waals surface area contributed by atoms with Gasteiger partial charge in [-0.15, -0.1) is 11.3 Å². The van der Waals surface area contributed by atoms with Crippen molar-refractivity contribution in [2.75, 3.05) is 40.0 Å². The van der Waals surface area contributed by atoms with E-state index in [1.807, 2.05) is 12.1 Å². The number of nitrogens with one attached hydrogen (secondary N) is 1. The maximum atomic E-state index is 12.0. The van der Waals surface area contributed by atoms with E-state index in [0.717, 1.165) is 43.8 Å². The molecule has 1 aliphatic rings. The van der Waals surface area contributed by atoms with Gasteiger partial charge < -0.3 is 19.2 Å². The molecule has 0 bridgehead atoms. The van der Waals surface area contributed by atoms with E-state index >= 15 is 0 Å². The van der Waals surface area contributed by atoms with E-state index in [1.165, 1.54) is 4.88 Å². The van der Waals surface area contributed by atoms with Crippen molar-refractivity contribution in [2.24, 2.45) is 0 Å². The third kappa shape index (κ3) is 4.28. The fourth-order valence-corrected chi connectivity index (χ4v) is 4.47. The zero-order valence-corrected chi connectivity index (χ0v) is 16.7. The molecule has 3 heterocycles. The van der Waals surface area contributed by atoms with Gasteiger partial charge in [0.2, 0.25) is 0 Å². The van der Waals surface area contributed by atoms with Gasteiger partial charge in [0.05, 0.1) is 26.4 Å². The van der Waals surface area contributed by atoms with Crippen LogP contribution in [0.1, 0.15) is 16.5 Å². The molecule has 0 amide bonds. The SMILES string of the molecule is COc1ccc2c(CNC[C@H](c3cccs3)N3CCOCC3)cc(=O)oc2c1. The average Bonchev–Trinajstić information content (AvgIpc) is 3.25. The van der Waals surface area contributed by atoms with Crippen LogP contribution in [0.3, 0.4) is 0 Å². The molecule has 1 aromatic carbocycles. The molecule has 1 atom stereocenters. The van der Waals surface area contributed by atoms with Gasteiger partial charge in [-0.05, 0) is 29.1 Å². The maximum Gasteiger partial charge on any atom is 0.336 e. The molecule has 3 aromatic rings. The smallest absolute Gasteiger partial charge is 0.336 e. The van der Waals surface area contributed by atoms with Crippen LogP contribution in [0.25, 0.3) is 11.0 Å². The molecule has 4 rings (SSSR count). The van der Waals surface area contributed by atoms with Crippen LogP contribution in [0.2, 0.25) is 0 Å². The van der Waals surface area contributed by atoms with Crippen molar-refractivity contribution in [1.82, 2.24) is 10.2 Å². The summed E-state index contributed by atoms with van der Waals surface area (Å²) in [7, 11) is 1.60. The number of hydrogen-bond acceptors (Lipinski definition) is 7. The number of fused-ring (bicyclic) bond motifs is 1. The van der Waals surface area contributed by atoms with Gasteiger partial charge in [-0.3, -0.25) is 4.90 Å². The first kappa shape index (κ1) is 19.1. The van der Waals surface area contributed by atoms with E-state index < -0.39 is 0 Å². The lowest BCUT2D eigenvalue weighted by Crippen LogP contribution is -2.42. The summed E-state index contributed by atoms with van der Waals surface area (Å²) in [5.74, 6) is 0.672. The van der Waals surface area contributed by atoms with Gasteiger partial charge in [-0.1, -0.05) is 6.07 Å². The second-order valence-electron chi connectivity index (χ2n) is 6.76. The highest BCUT2D eigenvalue weighted by Crippen LogP contribution is 2.26. The van der Waals surface area contributed by atoms with E-state index in [9.17, 15) is 4.79 Å². The molecule has 7 heteroatoms. The van der Waals surface area contributed by atoms with Crippen LogP contribution in [0.4, 0.5) is 0 Å². The molecule has 1 saturated heterocycles. The van der Waals surface area contributed by atoms with Crippen LogP contribution < -0.4 is 15.7 Å². The number of ether oxygens (including phenoxy) is 2. The van der Waals surface area contributed by atoms with Crippen LogP contribution in [-0.2, 0) is 11.3 Å². The molecule has 6 nitrogen and oxygen atoms in total. The number of thiophene rings is 1. The van der Waals surface area contributed by atoms with Crippen molar-refractivity contribution in [3.8, 4) is 5.75 Å². The highest BCUT2D eigenvalue weighted by molar-refractivity contribution is 7.10. The second kappa shape index (κ2) is 8.87. The Labute approximate surface area is 167 Å². The average molecular weight is 401 g/mol. The van der Waals surface area contributed by atoms with Gasteiger partial charge >= 0.3 is 5.63 Å². The monoisotopic (exact) mass is 400 g/mol. The molecule has 2 aromatic heterocycles. The summed E-state index contributed by atoms with van der Waals surface area (Å²) in [6, 6.07) is 11.7. The molecular weight excluding hydrogens is 376 g/mol. The highest BCUT2D eigenvalue weighted by atomic mass is 32.1. The fraction of sp³-hybridized carbons (Fsp3) is 0.381. The van der Waals surface area contributed by atoms with Gasteiger partial charge in [-0.2, -0.15) is 0 Å². The molecule has 0 spiro atoms. The van der Waals surface area contributed by atoms with Crippen molar-refractivity contribution < 1.29 is 13.9 Å². The molecule has 0 aliphatic carbocycles. The Morgan fingerprint density at radius 1 is 1.25 bits per heavy atom. The highest BCUT2D eigenvalue weighted by Gasteiger charge is 2.23. The van der Waals surface area contributed by atoms with Crippen molar-refractivity contribution in [3.05, 3.63) is 62.6 Å². The van der Waals surface area contributed by atoms with Crippen LogP contribution in [0.5, 0.6) is 5.75 Å². The second-order valence-corrected chi connectivity index (χ2v) is 7.74. The topological polar surface area (TPSA) is 63.9 Å². The summed E-state index contributed by atoms with van der Waals surface area (Å²) in [5, 5.41) is 6.59. The van der Waals surface area contributed by atoms with Gasteiger partial charge in [0.25, 0.3) is 0 Å². The summed E-state index contributed by atoms with van der Waals surface area (Å²) >= 11 is 1.78. The minimum absolute atomic E-state index is 0.301. The lowest BCUT2D eigenvalue weighted by Gasteiger charge is -2.34. The van der Waals surface area contributed by atoms with Crippen LogP contribution in [-0.4, -0.2) is 44.9 Å². The number of nitrogens with zero attached hydrogens (tertiary/aromatic N) is 1. The Hall–Kier alpha value is -2.19. The predicted molar refractivity (Wildman–Crippen MR) is 110 cm³/mol. The summed E-state index contributed by atoms with van der Waals surface area (Å²) in [4.78, 5) is 15.8. The van der Waals surface area contributed by atoms with E-state index in [-0.39, 0.29) is 5.63 Å². The summed E-state index contributed by atoms with van der Waals surface area (Å²) in [6.07, 6.45) is 0. The van der Waals surface area contributed by atoms with Gasteiger partial charge in [-0.25, -0.2) is 4.79 Å². The first-order valence-corrected chi connectivity index (χ1v) is 10.3. The fourth-order valence-electron chi connectivity index (χ4n) is 3.61. The van der Waals surface area contributed by atoms with Crippen LogP contribution in [0, 0.1) is 0 Å². The lowest BCUT2D eigenvalue weighted by molar-refractivity contribution is 0.0168. The number of benzene rings is 1. The van der Waals surface area contributed by atoms with E-state index in [4.69, 9.17) is 13.9 Å². The number of hydrogen-bond donors (Lipinski definition) is 1. The molecule has 1 fully saturated rings. The molecule has 148 valence electrons. The van der Waals surface area contributed by atoms with Crippen molar-refractivity contribution in [1.29, 1.82) is 0 Å². The number of rotatable bonds is 7. The van der Waals surface area contributed by atoms with Crippen LogP contribution in [0.15, 0.2) is 51.0 Å². The summed E-state index contributed by atoms with van der Waals surface area (Å²) < 4.78 is 16.1. The quantitative estimate of drug-likeness (QED) is 0.615. The lowest BCUT2D eigenvalue weighted by atomic mass is 10.1. The number of methoxy groups -OCH3 is 1. The Kier molecular flexibility index (Phi) is 6.07. The van der Waals surface area contributed by atoms with Crippen molar-refractivity contribution >= 4 is 22.3 Å². The molecule has 1 N–H and O–H groups in total. The molecule has 0 unspecified atom stereocenters. The summed E-state index contributed by atoms with van der Waals surface area (Å²) in [5.41, 5.74) is 1.13. The van der Waals surface area contributed by atoms with Gasteiger partial charge in [0.1, 0.15) is 11.3 Å². The van der Waals surface area contributed by atoms with Gasteiger partial charge in [0.15, 0.2) is 0 Å². The molecular formula is C21H24N2O4S. The Balaban J connectivity index is 1.50. The van der Waals surface area contributed by atoms with E-state index in [0.29, 0.717) is 23.9 Å². The zero-order valence-electron chi connectivity index (χ0n) is 15.8.